The number of hydrogen-bond acceptors (Lipinski definition) is 5. The molecule has 0 saturated heterocycles. The van der Waals surface area contributed by atoms with Crippen molar-refractivity contribution in [2.45, 2.75) is 13.0 Å². The molecule has 7 nitrogen and oxygen atoms in total. The van der Waals surface area contributed by atoms with Crippen LogP contribution in [0.4, 0.5) is 8.78 Å². The fourth-order valence-electron chi connectivity index (χ4n) is 3.40. The number of benzene rings is 2. The monoisotopic (exact) mass is 451 g/mol. The number of rotatable bonds is 6. The summed E-state index contributed by atoms with van der Waals surface area (Å²) in [7, 11) is 1.51. The van der Waals surface area contributed by atoms with E-state index in [2.05, 4.69) is 15.3 Å². The number of H-pyrrole nitrogens is 1. The summed E-state index contributed by atoms with van der Waals surface area (Å²) in [5, 5.41) is 13.8. The van der Waals surface area contributed by atoms with Gasteiger partial charge < -0.3 is 20.1 Å². The van der Waals surface area contributed by atoms with Crippen molar-refractivity contribution in [3.05, 3.63) is 99.0 Å². The number of aromatic hydroxyl groups is 1. The molecule has 1 amide bonds. The normalized spacial score (nSPS) is 10.9. The van der Waals surface area contributed by atoms with E-state index >= 15 is 0 Å². The number of amides is 1. The zero-order valence-corrected chi connectivity index (χ0v) is 17.5. The van der Waals surface area contributed by atoms with Crippen LogP contribution in [0.3, 0.4) is 0 Å². The van der Waals surface area contributed by atoms with Crippen molar-refractivity contribution in [2.75, 3.05) is 7.11 Å². The minimum Gasteiger partial charge on any atom is -0.507 e. The fourth-order valence-corrected chi connectivity index (χ4v) is 3.40. The molecular formula is C24H19F2N3O4. The van der Waals surface area contributed by atoms with E-state index in [-0.39, 0.29) is 41.1 Å². The number of fused-ring (bicyclic) bond motifs is 1. The molecule has 0 unspecified atom stereocenters. The lowest BCUT2D eigenvalue weighted by Crippen LogP contribution is -2.23. The molecule has 0 aliphatic rings. The second-order valence-electron chi connectivity index (χ2n) is 7.36. The molecule has 0 aliphatic carbocycles. The van der Waals surface area contributed by atoms with Gasteiger partial charge in [-0.25, -0.2) is 13.8 Å². The molecule has 0 fully saturated rings. The lowest BCUT2D eigenvalue weighted by Gasteiger charge is -2.10. The van der Waals surface area contributed by atoms with Gasteiger partial charge >= 0.3 is 0 Å². The van der Waals surface area contributed by atoms with Gasteiger partial charge in [-0.1, -0.05) is 12.1 Å². The molecule has 168 valence electrons. The van der Waals surface area contributed by atoms with Gasteiger partial charge in [-0.05, 0) is 41.5 Å². The summed E-state index contributed by atoms with van der Waals surface area (Å²) in [6.07, 6.45) is 1.47. The molecule has 4 rings (SSSR count). The minimum atomic E-state index is -1.05. The van der Waals surface area contributed by atoms with E-state index in [1.54, 1.807) is 18.3 Å². The van der Waals surface area contributed by atoms with E-state index in [1.165, 1.54) is 31.4 Å². The number of hydrogen-bond donors (Lipinski definition) is 3. The highest BCUT2D eigenvalue weighted by Gasteiger charge is 2.16. The van der Waals surface area contributed by atoms with Gasteiger partial charge in [0.05, 0.1) is 18.2 Å². The molecule has 0 saturated carbocycles. The second kappa shape index (κ2) is 9.07. The third-order valence-electron chi connectivity index (χ3n) is 5.17. The average Bonchev–Trinajstić information content (AvgIpc) is 2.82. The third kappa shape index (κ3) is 4.67. The fraction of sp³-hybridized carbons (Fsp3) is 0.125. The molecule has 9 heteroatoms. The smallest absolute Gasteiger partial charge is 0.255 e. The number of aromatic amines is 1. The topological polar surface area (TPSA) is 104 Å². The van der Waals surface area contributed by atoms with Gasteiger partial charge in [-0.15, -0.1) is 0 Å². The second-order valence-corrected chi connectivity index (χ2v) is 7.36. The van der Waals surface area contributed by atoms with Gasteiger partial charge in [0, 0.05) is 36.2 Å². The van der Waals surface area contributed by atoms with Crippen molar-refractivity contribution in [3.8, 4) is 11.6 Å². The highest BCUT2D eigenvalue weighted by atomic mass is 19.2. The van der Waals surface area contributed by atoms with Crippen molar-refractivity contribution >= 4 is 16.8 Å². The first kappa shape index (κ1) is 21.9. The van der Waals surface area contributed by atoms with E-state index < -0.39 is 17.2 Å². The van der Waals surface area contributed by atoms with Crippen molar-refractivity contribution in [1.29, 1.82) is 0 Å². The van der Waals surface area contributed by atoms with Crippen LogP contribution in [0.1, 0.15) is 27.0 Å². The number of halogens is 2. The lowest BCUT2D eigenvalue weighted by molar-refractivity contribution is 0.0951. The number of methoxy groups -OCH3 is 1. The maximum absolute atomic E-state index is 13.5. The van der Waals surface area contributed by atoms with Gasteiger partial charge in [0.2, 0.25) is 5.88 Å². The van der Waals surface area contributed by atoms with E-state index in [4.69, 9.17) is 4.74 Å². The summed E-state index contributed by atoms with van der Waals surface area (Å²) in [4.78, 5) is 31.8. The van der Waals surface area contributed by atoms with Crippen LogP contribution >= 0.6 is 0 Å². The summed E-state index contributed by atoms with van der Waals surface area (Å²) in [6, 6.07) is 11.2. The van der Waals surface area contributed by atoms with E-state index in [9.17, 15) is 23.5 Å². The molecule has 0 atom stereocenters. The number of ether oxygens (including phenoxy) is 1. The van der Waals surface area contributed by atoms with Crippen LogP contribution in [0.15, 0.2) is 59.5 Å². The Hall–Kier alpha value is -4.27. The van der Waals surface area contributed by atoms with Crippen LogP contribution in [0, 0.1) is 11.6 Å². The van der Waals surface area contributed by atoms with Gasteiger partial charge in [0.15, 0.2) is 11.6 Å². The Labute approximate surface area is 186 Å². The van der Waals surface area contributed by atoms with Crippen LogP contribution in [-0.2, 0) is 13.0 Å². The van der Waals surface area contributed by atoms with Crippen molar-refractivity contribution in [3.63, 3.8) is 0 Å². The number of nitrogens with zero attached hydrogens (tertiary/aromatic N) is 1. The quantitative estimate of drug-likeness (QED) is 0.417. The standard InChI is InChI=1S/C24H19F2N3O4/c1-33-21-7-3-14(11-27-21)12-28-23(31)15-4-6-20-16(10-15)22(30)17(24(32)29-20)8-13-2-5-18(25)19(26)9-13/h2-7,9-11H,8,12H2,1H3,(H,28,31)(H2,29,30,32). The van der Waals surface area contributed by atoms with Crippen LogP contribution < -0.4 is 15.6 Å². The summed E-state index contributed by atoms with van der Waals surface area (Å²) in [5.41, 5.74) is 1.11. The Morgan fingerprint density at radius 3 is 2.58 bits per heavy atom. The Morgan fingerprint density at radius 2 is 1.88 bits per heavy atom. The third-order valence-corrected chi connectivity index (χ3v) is 5.17. The molecule has 2 heterocycles. The van der Waals surface area contributed by atoms with E-state index in [1.807, 2.05) is 0 Å². The van der Waals surface area contributed by atoms with E-state index in [0.717, 1.165) is 17.7 Å². The molecule has 2 aromatic heterocycles. The van der Waals surface area contributed by atoms with Gasteiger partial charge in [-0.2, -0.15) is 0 Å². The van der Waals surface area contributed by atoms with Crippen molar-refractivity contribution in [2.24, 2.45) is 0 Å². The molecule has 0 bridgehead atoms. The molecule has 4 aromatic rings. The first-order valence-corrected chi connectivity index (χ1v) is 9.94. The largest absolute Gasteiger partial charge is 0.507 e. The molecule has 2 aromatic carbocycles. The summed E-state index contributed by atoms with van der Waals surface area (Å²) in [5.74, 6) is -2.30. The number of nitrogens with one attached hydrogen (secondary N) is 2. The van der Waals surface area contributed by atoms with Crippen LogP contribution in [0.25, 0.3) is 10.9 Å². The van der Waals surface area contributed by atoms with Gasteiger partial charge in [-0.3, -0.25) is 9.59 Å². The maximum Gasteiger partial charge on any atom is 0.255 e. The number of aromatic nitrogens is 2. The van der Waals surface area contributed by atoms with Gasteiger partial charge in [0.1, 0.15) is 5.75 Å². The first-order valence-electron chi connectivity index (χ1n) is 9.94. The number of pyridine rings is 2. The Kier molecular flexibility index (Phi) is 6.03. The highest BCUT2D eigenvalue weighted by molar-refractivity contribution is 5.99. The Balaban J connectivity index is 1.59. The predicted molar refractivity (Wildman–Crippen MR) is 117 cm³/mol. The Bertz CT molecular complexity index is 1400. The zero-order valence-electron chi connectivity index (χ0n) is 17.5. The Morgan fingerprint density at radius 1 is 1.09 bits per heavy atom. The van der Waals surface area contributed by atoms with Crippen LogP contribution in [0.2, 0.25) is 0 Å². The molecule has 3 N–H and O–H groups in total. The summed E-state index contributed by atoms with van der Waals surface area (Å²) in [6.45, 7) is 0.229. The summed E-state index contributed by atoms with van der Waals surface area (Å²) < 4.78 is 31.7. The van der Waals surface area contributed by atoms with Gasteiger partial charge in [0.25, 0.3) is 11.5 Å². The lowest BCUT2D eigenvalue weighted by atomic mass is 10.0. The molecule has 0 aliphatic heterocycles. The molecule has 33 heavy (non-hydrogen) atoms. The van der Waals surface area contributed by atoms with E-state index in [0.29, 0.717) is 17.0 Å². The average molecular weight is 451 g/mol. The molecule has 0 spiro atoms. The highest BCUT2D eigenvalue weighted by Crippen LogP contribution is 2.28. The zero-order chi connectivity index (χ0) is 23.5. The van der Waals surface area contributed by atoms with Crippen LogP contribution in [-0.4, -0.2) is 28.1 Å². The SMILES string of the molecule is COc1ccc(CNC(=O)c2ccc3[nH]c(=O)c(Cc4ccc(F)c(F)c4)c(O)c3c2)cn1. The number of carbonyl (C=O) groups is 1. The van der Waals surface area contributed by atoms with Crippen LogP contribution in [0.5, 0.6) is 11.6 Å². The first-order chi connectivity index (χ1) is 15.9. The van der Waals surface area contributed by atoms with Crippen molar-refractivity contribution < 1.29 is 23.4 Å². The minimum absolute atomic E-state index is 0.0182. The summed E-state index contributed by atoms with van der Waals surface area (Å²) >= 11 is 0. The number of carbonyl (C=O) groups excluding carboxylic acids is 1. The van der Waals surface area contributed by atoms with Crippen molar-refractivity contribution in [1.82, 2.24) is 15.3 Å². The maximum atomic E-state index is 13.5. The predicted octanol–water partition coefficient (Wildman–Crippen LogP) is 3.44. The molecular weight excluding hydrogens is 432 g/mol. The molecule has 0 radical (unpaired) electrons.